The Morgan fingerprint density at radius 1 is 0.857 bits per heavy atom. The second-order valence-corrected chi connectivity index (χ2v) is 10.9. The van der Waals surface area contributed by atoms with Crippen LogP contribution in [0.2, 0.25) is 0 Å². The van der Waals surface area contributed by atoms with Gasteiger partial charge in [0.1, 0.15) is 0 Å². The van der Waals surface area contributed by atoms with Crippen LogP contribution < -0.4 is 9.44 Å². The smallest absolute Gasteiger partial charge is 0.229 e. The van der Waals surface area contributed by atoms with Gasteiger partial charge in [-0.2, -0.15) is 0 Å². The molecule has 7 nitrogen and oxygen atoms in total. The Morgan fingerprint density at radius 3 is 2.00 bits per heavy atom. The molecule has 2 aromatic rings. The monoisotopic (exact) mass is 423 g/mol. The van der Waals surface area contributed by atoms with Gasteiger partial charge in [-0.15, -0.1) is 0 Å². The molecule has 1 aliphatic rings. The van der Waals surface area contributed by atoms with Crippen LogP contribution in [-0.4, -0.2) is 47.3 Å². The first kappa shape index (κ1) is 20.6. The van der Waals surface area contributed by atoms with Crippen molar-refractivity contribution in [2.24, 2.45) is 0 Å². The predicted octanol–water partition coefficient (Wildman–Crippen LogP) is 2.03. The van der Waals surface area contributed by atoms with Gasteiger partial charge in [-0.25, -0.2) is 16.8 Å². The van der Waals surface area contributed by atoms with Crippen LogP contribution in [0.4, 0.5) is 11.4 Å². The molecule has 0 aliphatic heterocycles. The van der Waals surface area contributed by atoms with Gasteiger partial charge in [0.2, 0.25) is 20.0 Å². The Morgan fingerprint density at radius 2 is 1.39 bits per heavy atom. The third-order valence-corrected chi connectivity index (χ3v) is 5.95. The molecule has 1 unspecified atom stereocenters. The van der Waals surface area contributed by atoms with E-state index in [1.54, 1.807) is 18.2 Å². The summed E-state index contributed by atoms with van der Waals surface area (Å²) in [5.41, 5.74) is 4.64. The summed E-state index contributed by atoms with van der Waals surface area (Å²) in [7, 11) is -4.49. The van der Waals surface area contributed by atoms with E-state index in [0.717, 1.165) is 37.5 Å². The highest BCUT2D eigenvalue weighted by molar-refractivity contribution is 7.92. The second kappa shape index (κ2) is 7.73. The summed E-state index contributed by atoms with van der Waals surface area (Å²) in [6.07, 6.45) is 4.05. The molecule has 0 heterocycles. The quantitative estimate of drug-likeness (QED) is 0.710. The molecular weight excluding hydrogens is 398 g/mol. The molecule has 0 aromatic heterocycles. The molecule has 2 N–H and O–H groups in total. The molecule has 0 saturated carbocycles. The molecule has 0 radical (unpaired) electrons. The molecule has 3 rings (SSSR count). The minimum absolute atomic E-state index is 0.331. The lowest BCUT2D eigenvalue weighted by molar-refractivity contribution is 0.241. The normalized spacial score (nSPS) is 16.8. The molecule has 0 amide bonds. The van der Waals surface area contributed by atoms with Crippen molar-refractivity contribution in [3.05, 3.63) is 59.2 Å². The van der Waals surface area contributed by atoms with E-state index in [4.69, 9.17) is 0 Å². The van der Waals surface area contributed by atoms with Crippen LogP contribution in [0.3, 0.4) is 0 Å². The second-order valence-electron chi connectivity index (χ2n) is 7.41. The Labute approximate surface area is 166 Å². The SMILES string of the molecule is CN(Cc1ccc(NS(C)(=O)=O)cc1)C1Cc2ccc(NS(C)(=O)=O)cc2C1. The van der Waals surface area contributed by atoms with Gasteiger partial charge in [-0.3, -0.25) is 14.3 Å². The molecule has 0 fully saturated rings. The summed E-state index contributed by atoms with van der Waals surface area (Å²) >= 11 is 0. The van der Waals surface area contributed by atoms with Crippen LogP contribution in [0, 0.1) is 0 Å². The molecule has 9 heteroatoms. The zero-order valence-electron chi connectivity index (χ0n) is 16.1. The molecule has 1 atom stereocenters. The van der Waals surface area contributed by atoms with Crippen LogP contribution in [0.15, 0.2) is 42.5 Å². The number of sulfonamides is 2. The lowest BCUT2D eigenvalue weighted by Crippen LogP contribution is -2.31. The Balaban J connectivity index is 1.63. The van der Waals surface area contributed by atoms with Gasteiger partial charge in [-0.1, -0.05) is 18.2 Å². The number of fused-ring (bicyclic) bond motifs is 1. The van der Waals surface area contributed by atoms with Gasteiger partial charge in [0.05, 0.1) is 12.5 Å². The number of nitrogens with zero attached hydrogens (tertiary/aromatic N) is 1. The molecule has 0 bridgehead atoms. The van der Waals surface area contributed by atoms with Crippen LogP contribution in [0.1, 0.15) is 16.7 Å². The van der Waals surface area contributed by atoms with Crippen molar-refractivity contribution in [1.29, 1.82) is 0 Å². The molecule has 1 aliphatic carbocycles. The van der Waals surface area contributed by atoms with E-state index in [2.05, 4.69) is 21.4 Å². The summed E-state index contributed by atoms with van der Waals surface area (Å²) in [6.45, 7) is 0.742. The molecule has 152 valence electrons. The first-order valence-corrected chi connectivity index (χ1v) is 12.6. The van der Waals surface area contributed by atoms with Crippen LogP contribution >= 0.6 is 0 Å². The van der Waals surface area contributed by atoms with Gasteiger partial charge in [0.15, 0.2) is 0 Å². The molecular formula is C19H25N3O4S2. The number of hydrogen-bond acceptors (Lipinski definition) is 5. The average molecular weight is 424 g/mol. The van der Waals surface area contributed by atoms with E-state index < -0.39 is 20.0 Å². The minimum Gasteiger partial charge on any atom is -0.299 e. The molecule has 2 aromatic carbocycles. The van der Waals surface area contributed by atoms with Crippen molar-refractivity contribution >= 4 is 31.4 Å². The van der Waals surface area contributed by atoms with E-state index in [1.807, 2.05) is 24.3 Å². The zero-order valence-corrected chi connectivity index (χ0v) is 17.8. The van der Waals surface area contributed by atoms with Crippen molar-refractivity contribution < 1.29 is 16.8 Å². The van der Waals surface area contributed by atoms with Gasteiger partial charge in [0, 0.05) is 24.0 Å². The number of nitrogens with one attached hydrogen (secondary N) is 2. The number of anilines is 2. The average Bonchev–Trinajstić information content (AvgIpc) is 2.97. The summed E-state index contributed by atoms with van der Waals surface area (Å²) in [4.78, 5) is 2.27. The number of likely N-dealkylation sites (N-methyl/N-ethyl adjacent to an activating group) is 1. The maximum absolute atomic E-state index is 11.4. The third kappa shape index (κ3) is 5.70. The van der Waals surface area contributed by atoms with E-state index in [-0.39, 0.29) is 0 Å². The van der Waals surface area contributed by atoms with Crippen molar-refractivity contribution in [3.8, 4) is 0 Å². The Bertz CT molecular complexity index is 1060. The van der Waals surface area contributed by atoms with Gasteiger partial charge >= 0.3 is 0 Å². The summed E-state index contributed by atoms with van der Waals surface area (Å²) in [6, 6.07) is 13.4. The topological polar surface area (TPSA) is 95.6 Å². The zero-order chi connectivity index (χ0) is 20.5. The third-order valence-electron chi connectivity index (χ3n) is 4.73. The van der Waals surface area contributed by atoms with Crippen LogP contribution in [-0.2, 0) is 39.4 Å². The summed E-state index contributed by atoms with van der Waals surface area (Å²) in [5.74, 6) is 0. The van der Waals surface area contributed by atoms with Crippen molar-refractivity contribution in [3.63, 3.8) is 0 Å². The van der Waals surface area contributed by atoms with E-state index in [1.165, 1.54) is 11.1 Å². The highest BCUT2D eigenvalue weighted by Gasteiger charge is 2.25. The molecule has 28 heavy (non-hydrogen) atoms. The number of rotatable bonds is 7. The van der Waals surface area contributed by atoms with Crippen LogP contribution in [0.25, 0.3) is 0 Å². The lowest BCUT2D eigenvalue weighted by atomic mass is 10.1. The van der Waals surface area contributed by atoms with Gasteiger partial charge < -0.3 is 0 Å². The largest absolute Gasteiger partial charge is 0.299 e. The number of hydrogen-bond donors (Lipinski definition) is 2. The maximum Gasteiger partial charge on any atom is 0.229 e. The minimum atomic E-state index is -3.28. The first-order valence-electron chi connectivity index (χ1n) is 8.85. The highest BCUT2D eigenvalue weighted by atomic mass is 32.2. The fourth-order valence-corrected chi connectivity index (χ4v) is 4.61. The van der Waals surface area contributed by atoms with E-state index in [0.29, 0.717) is 17.4 Å². The lowest BCUT2D eigenvalue weighted by Gasteiger charge is -2.24. The van der Waals surface area contributed by atoms with Crippen molar-refractivity contribution in [1.82, 2.24) is 4.90 Å². The Kier molecular flexibility index (Phi) is 5.69. The molecule has 0 saturated heterocycles. The molecule has 0 spiro atoms. The number of benzene rings is 2. The van der Waals surface area contributed by atoms with Crippen molar-refractivity contribution in [2.75, 3.05) is 29.0 Å². The Hall–Kier alpha value is -2.10. The summed E-state index contributed by atoms with van der Waals surface area (Å²) < 4.78 is 50.4. The van der Waals surface area contributed by atoms with Gasteiger partial charge in [0.25, 0.3) is 0 Å². The van der Waals surface area contributed by atoms with Crippen LogP contribution in [0.5, 0.6) is 0 Å². The van der Waals surface area contributed by atoms with E-state index >= 15 is 0 Å². The van der Waals surface area contributed by atoms with Crippen molar-refractivity contribution in [2.45, 2.75) is 25.4 Å². The fraction of sp³-hybridized carbons (Fsp3) is 0.368. The van der Waals surface area contributed by atoms with Gasteiger partial charge in [-0.05, 0) is 60.8 Å². The first-order chi connectivity index (χ1) is 13.0. The maximum atomic E-state index is 11.4. The fourth-order valence-electron chi connectivity index (χ4n) is 3.49. The standard InChI is InChI=1S/C19H25N3O4S2/c1-22(13-14-4-7-17(8-5-14)20-27(2,23)24)19-11-15-6-9-18(10-16(15)12-19)21-28(3,25)26/h4-10,19-21H,11-13H2,1-3H3. The highest BCUT2D eigenvalue weighted by Crippen LogP contribution is 2.28. The van der Waals surface area contributed by atoms with E-state index in [9.17, 15) is 16.8 Å². The summed E-state index contributed by atoms with van der Waals surface area (Å²) in [5, 5.41) is 0. The predicted molar refractivity (Wildman–Crippen MR) is 112 cm³/mol.